The second-order valence-electron chi connectivity index (χ2n) is 3.80. The molecule has 2 aliphatic rings. The minimum Gasteiger partial charge on any atom is -0.349 e. The van der Waals surface area contributed by atoms with Crippen LogP contribution in [0, 0.1) is 6.92 Å². The van der Waals surface area contributed by atoms with Crippen LogP contribution in [0.25, 0.3) is 0 Å². The molecule has 0 N–H and O–H groups in total. The average Bonchev–Trinajstić information content (AvgIpc) is 2.72. The molecule has 72 valence electrons. The first-order chi connectivity index (χ1) is 6.77. The fraction of sp³-hybridized carbons (Fsp3) is 0.364. The number of rotatable bonds is 0. The molecular formula is C11H11NO2. The molecule has 0 aliphatic carbocycles. The zero-order valence-corrected chi connectivity index (χ0v) is 7.99. The third-order valence-corrected chi connectivity index (χ3v) is 2.84. The van der Waals surface area contributed by atoms with E-state index in [0.29, 0.717) is 6.61 Å². The van der Waals surface area contributed by atoms with Gasteiger partial charge in [0.25, 0.3) is 0 Å². The fourth-order valence-electron chi connectivity index (χ4n) is 2.16. The summed E-state index contributed by atoms with van der Waals surface area (Å²) in [7, 11) is 0. The molecular weight excluding hydrogens is 178 g/mol. The topological polar surface area (TPSA) is 29.5 Å². The van der Waals surface area contributed by atoms with Crippen molar-refractivity contribution in [2.45, 2.75) is 13.2 Å². The first-order valence-corrected chi connectivity index (χ1v) is 4.80. The van der Waals surface area contributed by atoms with Crippen molar-refractivity contribution in [3.8, 4) is 0 Å². The number of ketones is 1. The van der Waals surface area contributed by atoms with E-state index < -0.39 is 0 Å². The average molecular weight is 189 g/mol. The van der Waals surface area contributed by atoms with Crippen molar-refractivity contribution < 1.29 is 9.53 Å². The highest BCUT2D eigenvalue weighted by molar-refractivity contribution is 6.10. The first-order valence-electron chi connectivity index (χ1n) is 4.80. The summed E-state index contributed by atoms with van der Waals surface area (Å²) in [6.07, 6.45) is -0.341. The highest BCUT2D eigenvalue weighted by Gasteiger charge is 2.41. The van der Waals surface area contributed by atoms with Gasteiger partial charge < -0.3 is 9.64 Å². The number of hydrogen-bond donors (Lipinski definition) is 0. The molecule has 3 nitrogen and oxygen atoms in total. The molecule has 1 unspecified atom stereocenters. The Labute approximate surface area is 82.3 Å². The smallest absolute Gasteiger partial charge is 0.214 e. The van der Waals surface area contributed by atoms with Gasteiger partial charge in [0.1, 0.15) is 0 Å². The number of benzene rings is 1. The Bertz CT molecular complexity index is 414. The molecule has 1 aromatic carbocycles. The quantitative estimate of drug-likeness (QED) is 0.617. The number of ether oxygens (including phenoxy) is 1. The number of aryl methyl sites for hydroxylation is 1. The summed E-state index contributed by atoms with van der Waals surface area (Å²) in [6, 6.07) is 5.99. The predicted molar refractivity (Wildman–Crippen MR) is 52.6 cm³/mol. The second-order valence-corrected chi connectivity index (χ2v) is 3.80. The molecule has 0 saturated carbocycles. The summed E-state index contributed by atoms with van der Waals surface area (Å²) in [5.41, 5.74) is 2.97. The van der Waals surface area contributed by atoms with Crippen molar-refractivity contribution in [1.82, 2.24) is 0 Å². The minimum absolute atomic E-state index is 0.112. The summed E-state index contributed by atoms with van der Waals surface area (Å²) in [5.74, 6) is 0.112. The molecule has 2 heterocycles. The molecule has 1 atom stereocenters. The molecule has 0 radical (unpaired) electrons. The first kappa shape index (κ1) is 8.00. The predicted octanol–water partition coefficient (Wildman–Crippen LogP) is 1.35. The molecule has 0 aromatic heterocycles. The number of anilines is 1. The molecule has 3 heteroatoms. The van der Waals surface area contributed by atoms with Gasteiger partial charge in [-0.25, -0.2) is 0 Å². The van der Waals surface area contributed by atoms with Crippen LogP contribution in [-0.2, 0) is 4.74 Å². The molecule has 0 amide bonds. The van der Waals surface area contributed by atoms with Crippen molar-refractivity contribution >= 4 is 11.5 Å². The van der Waals surface area contributed by atoms with Gasteiger partial charge in [-0.15, -0.1) is 0 Å². The van der Waals surface area contributed by atoms with Gasteiger partial charge >= 0.3 is 0 Å². The third kappa shape index (κ3) is 0.876. The molecule has 1 saturated heterocycles. The number of carbonyl (C=O) groups excluding carboxylic acids is 1. The summed E-state index contributed by atoms with van der Waals surface area (Å²) in [6.45, 7) is 3.48. The van der Waals surface area contributed by atoms with E-state index in [1.165, 1.54) is 0 Å². The fourth-order valence-corrected chi connectivity index (χ4v) is 2.16. The Hall–Kier alpha value is -1.35. The zero-order chi connectivity index (χ0) is 9.71. The van der Waals surface area contributed by atoms with Gasteiger partial charge in [-0.2, -0.15) is 0 Å². The van der Waals surface area contributed by atoms with Gasteiger partial charge in [0.15, 0.2) is 6.23 Å². The van der Waals surface area contributed by atoms with E-state index in [9.17, 15) is 4.79 Å². The molecule has 0 bridgehead atoms. The van der Waals surface area contributed by atoms with Crippen LogP contribution in [0.5, 0.6) is 0 Å². The van der Waals surface area contributed by atoms with E-state index in [2.05, 4.69) is 0 Å². The van der Waals surface area contributed by atoms with Gasteiger partial charge in [-0.1, -0.05) is 11.6 Å². The normalized spacial score (nSPS) is 23.9. The van der Waals surface area contributed by atoms with Crippen LogP contribution in [0.1, 0.15) is 15.9 Å². The number of fused-ring (bicyclic) bond motifs is 3. The largest absolute Gasteiger partial charge is 0.349 e. The van der Waals surface area contributed by atoms with Crippen LogP contribution in [0.15, 0.2) is 18.2 Å². The lowest BCUT2D eigenvalue weighted by atomic mass is 10.1. The summed E-state index contributed by atoms with van der Waals surface area (Å²) < 4.78 is 5.39. The summed E-state index contributed by atoms with van der Waals surface area (Å²) in [5, 5.41) is 0. The van der Waals surface area contributed by atoms with Crippen LogP contribution in [-0.4, -0.2) is 25.2 Å². The molecule has 1 aromatic rings. The Morgan fingerprint density at radius 2 is 2.36 bits per heavy atom. The highest BCUT2D eigenvalue weighted by atomic mass is 16.5. The Morgan fingerprint density at radius 3 is 3.21 bits per heavy atom. The van der Waals surface area contributed by atoms with Crippen LogP contribution < -0.4 is 4.90 Å². The van der Waals surface area contributed by atoms with Crippen molar-refractivity contribution in [3.05, 3.63) is 29.3 Å². The number of hydrogen-bond acceptors (Lipinski definition) is 3. The maximum atomic E-state index is 11.9. The van der Waals surface area contributed by atoms with E-state index in [0.717, 1.165) is 23.4 Å². The lowest BCUT2D eigenvalue weighted by Crippen LogP contribution is -2.29. The Kier molecular flexibility index (Phi) is 1.47. The van der Waals surface area contributed by atoms with Crippen LogP contribution in [0.4, 0.5) is 5.69 Å². The number of Topliss-reactive ketones (excluding diaryl/α,β-unsaturated/α-hetero) is 1. The van der Waals surface area contributed by atoms with E-state index in [-0.39, 0.29) is 12.0 Å². The highest BCUT2D eigenvalue weighted by Crippen LogP contribution is 2.35. The standard InChI is InChI=1S/C11H11NO2/c1-7-2-3-9-8(6-7)10(13)11-12(9)4-5-14-11/h2-3,6,11H,4-5H2,1H3. The monoisotopic (exact) mass is 189 g/mol. The maximum absolute atomic E-state index is 11.9. The molecule has 14 heavy (non-hydrogen) atoms. The Morgan fingerprint density at radius 1 is 1.50 bits per heavy atom. The van der Waals surface area contributed by atoms with Gasteiger partial charge in [-0.3, -0.25) is 4.79 Å². The minimum atomic E-state index is -0.341. The van der Waals surface area contributed by atoms with Crippen molar-refractivity contribution in [2.24, 2.45) is 0 Å². The van der Waals surface area contributed by atoms with E-state index in [4.69, 9.17) is 4.74 Å². The maximum Gasteiger partial charge on any atom is 0.214 e. The number of carbonyl (C=O) groups is 1. The lowest BCUT2D eigenvalue weighted by molar-refractivity contribution is 0.0673. The zero-order valence-electron chi connectivity index (χ0n) is 7.99. The number of nitrogens with zero attached hydrogens (tertiary/aromatic N) is 1. The molecule has 0 spiro atoms. The van der Waals surface area contributed by atoms with Gasteiger partial charge in [0.05, 0.1) is 12.3 Å². The van der Waals surface area contributed by atoms with Crippen LogP contribution in [0.2, 0.25) is 0 Å². The van der Waals surface area contributed by atoms with Gasteiger partial charge in [0.2, 0.25) is 5.78 Å². The Balaban J connectivity index is 2.17. The van der Waals surface area contributed by atoms with Crippen LogP contribution >= 0.6 is 0 Å². The van der Waals surface area contributed by atoms with Crippen LogP contribution in [0.3, 0.4) is 0 Å². The molecule has 1 fully saturated rings. The molecule has 2 aliphatic heterocycles. The van der Waals surface area contributed by atoms with Crippen molar-refractivity contribution in [1.29, 1.82) is 0 Å². The summed E-state index contributed by atoms with van der Waals surface area (Å²) in [4.78, 5) is 13.9. The van der Waals surface area contributed by atoms with Gasteiger partial charge in [0, 0.05) is 12.1 Å². The van der Waals surface area contributed by atoms with E-state index in [1.54, 1.807) is 0 Å². The van der Waals surface area contributed by atoms with Crippen molar-refractivity contribution in [3.63, 3.8) is 0 Å². The van der Waals surface area contributed by atoms with Gasteiger partial charge in [-0.05, 0) is 19.1 Å². The third-order valence-electron chi connectivity index (χ3n) is 2.84. The van der Waals surface area contributed by atoms with E-state index >= 15 is 0 Å². The van der Waals surface area contributed by atoms with E-state index in [1.807, 2.05) is 30.0 Å². The molecule has 3 rings (SSSR count). The summed E-state index contributed by atoms with van der Waals surface area (Å²) >= 11 is 0. The second kappa shape index (κ2) is 2.58. The van der Waals surface area contributed by atoms with Crippen molar-refractivity contribution in [2.75, 3.05) is 18.1 Å². The lowest BCUT2D eigenvalue weighted by Gasteiger charge is -2.14. The SMILES string of the molecule is Cc1ccc2c(c1)C(=O)C1OCCN21.